The zero-order valence-corrected chi connectivity index (χ0v) is 17.0. The van der Waals surface area contributed by atoms with Crippen molar-refractivity contribution in [3.63, 3.8) is 0 Å². The maximum absolute atomic E-state index is 13.1. The van der Waals surface area contributed by atoms with Gasteiger partial charge in [-0.1, -0.05) is 49.4 Å². The van der Waals surface area contributed by atoms with Crippen LogP contribution in [-0.4, -0.2) is 29.3 Å². The molecule has 1 saturated heterocycles. The third-order valence-corrected chi connectivity index (χ3v) is 5.37. The molecule has 1 heterocycles. The van der Waals surface area contributed by atoms with Crippen LogP contribution >= 0.6 is 0 Å². The minimum atomic E-state index is -4.50. The van der Waals surface area contributed by atoms with Gasteiger partial charge in [-0.05, 0) is 36.6 Å². The summed E-state index contributed by atoms with van der Waals surface area (Å²) in [6, 6.07) is 11.9. The van der Waals surface area contributed by atoms with Crippen molar-refractivity contribution < 1.29 is 27.6 Å². The van der Waals surface area contributed by atoms with Crippen LogP contribution in [0.25, 0.3) is 0 Å². The third-order valence-electron chi connectivity index (χ3n) is 5.37. The number of carbonyl (C=O) groups excluding carboxylic acids is 3. The Hall–Kier alpha value is -3.36. The molecule has 2 aromatic rings. The van der Waals surface area contributed by atoms with Crippen LogP contribution in [-0.2, 0) is 21.3 Å². The first-order chi connectivity index (χ1) is 14.6. The predicted octanol–water partition coefficient (Wildman–Crippen LogP) is 3.74. The van der Waals surface area contributed by atoms with E-state index >= 15 is 0 Å². The topological polar surface area (TPSA) is 78.5 Å². The molecular weight excluding hydrogens is 411 g/mol. The molecule has 0 saturated carbocycles. The summed E-state index contributed by atoms with van der Waals surface area (Å²) in [6.07, 6.45) is -4.21. The first kappa shape index (κ1) is 22.3. The standard InChI is InChI=1S/C22H22F3N3O3/c1-3-21(16-9-5-4-6-10-16)19(30)28(20(31)27-21)13-18(29)26-14(2)15-8-7-11-17(12-15)22(23,24)25/h4-12,14H,3,13H2,1-2H3,(H,26,29)(H,27,31). The van der Waals surface area contributed by atoms with Crippen molar-refractivity contribution in [2.45, 2.75) is 38.0 Å². The Kier molecular flexibility index (Phi) is 6.06. The van der Waals surface area contributed by atoms with Gasteiger partial charge in [0.05, 0.1) is 11.6 Å². The first-order valence-electron chi connectivity index (χ1n) is 9.74. The molecule has 31 heavy (non-hydrogen) atoms. The molecule has 0 aromatic heterocycles. The average molecular weight is 433 g/mol. The number of imide groups is 1. The summed E-state index contributed by atoms with van der Waals surface area (Å²) < 4.78 is 38.8. The highest BCUT2D eigenvalue weighted by molar-refractivity contribution is 6.09. The molecule has 2 atom stereocenters. The van der Waals surface area contributed by atoms with E-state index in [1.165, 1.54) is 19.1 Å². The Bertz CT molecular complexity index is 994. The molecule has 2 N–H and O–H groups in total. The van der Waals surface area contributed by atoms with Gasteiger partial charge in [-0.3, -0.25) is 14.5 Å². The van der Waals surface area contributed by atoms with Crippen molar-refractivity contribution in [1.82, 2.24) is 15.5 Å². The second-order valence-corrected chi connectivity index (χ2v) is 7.36. The lowest BCUT2D eigenvalue weighted by Gasteiger charge is -2.25. The fraction of sp³-hybridized carbons (Fsp3) is 0.318. The smallest absolute Gasteiger partial charge is 0.348 e. The number of rotatable bonds is 6. The van der Waals surface area contributed by atoms with Crippen LogP contribution in [0, 0.1) is 0 Å². The number of urea groups is 1. The number of benzene rings is 2. The van der Waals surface area contributed by atoms with Crippen LogP contribution in [0.15, 0.2) is 54.6 Å². The summed E-state index contributed by atoms with van der Waals surface area (Å²) in [6.45, 7) is 2.74. The van der Waals surface area contributed by atoms with Gasteiger partial charge in [-0.25, -0.2) is 4.79 Å². The highest BCUT2D eigenvalue weighted by Crippen LogP contribution is 2.33. The highest BCUT2D eigenvalue weighted by Gasteiger charge is 2.51. The van der Waals surface area contributed by atoms with E-state index in [-0.39, 0.29) is 5.56 Å². The molecule has 3 rings (SSSR count). The maximum Gasteiger partial charge on any atom is 0.416 e. The first-order valence-corrected chi connectivity index (χ1v) is 9.74. The number of hydrogen-bond acceptors (Lipinski definition) is 3. The minimum absolute atomic E-state index is 0.257. The Balaban J connectivity index is 1.72. The second kappa shape index (κ2) is 8.41. The maximum atomic E-state index is 13.1. The molecule has 2 aromatic carbocycles. The minimum Gasteiger partial charge on any atom is -0.348 e. The van der Waals surface area contributed by atoms with Crippen molar-refractivity contribution in [1.29, 1.82) is 0 Å². The van der Waals surface area contributed by atoms with Crippen LogP contribution < -0.4 is 10.6 Å². The summed E-state index contributed by atoms with van der Waals surface area (Å²) in [5, 5.41) is 5.23. The van der Waals surface area contributed by atoms with Gasteiger partial charge in [0.15, 0.2) is 0 Å². The molecule has 164 valence electrons. The van der Waals surface area contributed by atoms with E-state index in [9.17, 15) is 27.6 Å². The van der Waals surface area contributed by atoms with E-state index in [0.29, 0.717) is 12.0 Å². The van der Waals surface area contributed by atoms with E-state index in [4.69, 9.17) is 0 Å². The van der Waals surface area contributed by atoms with Crippen molar-refractivity contribution in [2.24, 2.45) is 0 Å². The molecule has 9 heteroatoms. The number of nitrogens with zero attached hydrogens (tertiary/aromatic N) is 1. The number of amides is 4. The van der Waals surface area contributed by atoms with E-state index < -0.39 is 47.7 Å². The van der Waals surface area contributed by atoms with Crippen molar-refractivity contribution in [3.8, 4) is 0 Å². The lowest BCUT2D eigenvalue weighted by molar-refractivity contribution is -0.137. The van der Waals surface area contributed by atoms with Crippen molar-refractivity contribution in [2.75, 3.05) is 6.54 Å². The summed E-state index contributed by atoms with van der Waals surface area (Å²) in [7, 11) is 0. The molecule has 0 aliphatic carbocycles. The molecule has 1 aliphatic rings. The van der Waals surface area contributed by atoms with Gasteiger partial charge in [0.1, 0.15) is 12.1 Å². The van der Waals surface area contributed by atoms with Crippen LogP contribution in [0.3, 0.4) is 0 Å². The zero-order chi connectivity index (χ0) is 22.8. The molecular formula is C22H22F3N3O3. The van der Waals surface area contributed by atoms with Crippen LogP contribution in [0.4, 0.5) is 18.0 Å². The largest absolute Gasteiger partial charge is 0.416 e. The van der Waals surface area contributed by atoms with Gasteiger partial charge in [-0.15, -0.1) is 0 Å². The van der Waals surface area contributed by atoms with E-state index in [0.717, 1.165) is 17.0 Å². The van der Waals surface area contributed by atoms with Gasteiger partial charge in [0.25, 0.3) is 5.91 Å². The SMILES string of the molecule is CCC1(c2ccccc2)NC(=O)N(CC(=O)NC(C)c2cccc(C(F)(F)F)c2)C1=O. The molecule has 0 radical (unpaired) electrons. The summed E-state index contributed by atoms with van der Waals surface area (Å²) in [5.74, 6) is -1.21. The third kappa shape index (κ3) is 4.40. The molecule has 6 nitrogen and oxygen atoms in total. The lowest BCUT2D eigenvalue weighted by Crippen LogP contribution is -2.45. The molecule has 0 spiro atoms. The molecule has 0 bridgehead atoms. The van der Waals surface area contributed by atoms with E-state index in [2.05, 4.69) is 10.6 Å². The average Bonchev–Trinajstić information content (AvgIpc) is 2.99. The Morgan fingerprint density at radius 2 is 1.81 bits per heavy atom. The van der Waals surface area contributed by atoms with Crippen LogP contribution in [0.5, 0.6) is 0 Å². The lowest BCUT2D eigenvalue weighted by atomic mass is 9.87. The number of halogens is 3. The van der Waals surface area contributed by atoms with Gasteiger partial charge in [-0.2, -0.15) is 13.2 Å². The van der Waals surface area contributed by atoms with Crippen molar-refractivity contribution >= 4 is 17.8 Å². The van der Waals surface area contributed by atoms with Gasteiger partial charge in [0.2, 0.25) is 5.91 Å². The van der Waals surface area contributed by atoms with Gasteiger partial charge >= 0.3 is 12.2 Å². The second-order valence-electron chi connectivity index (χ2n) is 7.36. The van der Waals surface area contributed by atoms with Gasteiger partial charge < -0.3 is 10.6 Å². The van der Waals surface area contributed by atoms with E-state index in [1.807, 2.05) is 0 Å². The van der Waals surface area contributed by atoms with Gasteiger partial charge in [0, 0.05) is 0 Å². The predicted molar refractivity (Wildman–Crippen MR) is 107 cm³/mol. The molecule has 4 amide bonds. The Morgan fingerprint density at radius 3 is 2.42 bits per heavy atom. The number of nitrogens with one attached hydrogen (secondary N) is 2. The van der Waals surface area contributed by atoms with Crippen molar-refractivity contribution in [3.05, 3.63) is 71.3 Å². The summed E-state index contributed by atoms with van der Waals surface area (Å²) in [5.41, 5.74) is -1.22. The van der Waals surface area contributed by atoms with E-state index in [1.54, 1.807) is 37.3 Å². The monoisotopic (exact) mass is 433 g/mol. The Labute approximate surface area is 177 Å². The molecule has 1 fully saturated rings. The quantitative estimate of drug-likeness (QED) is 0.682. The fourth-order valence-electron chi connectivity index (χ4n) is 3.63. The zero-order valence-electron chi connectivity index (χ0n) is 17.0. The number of alkyl halides is 3. The number of hydrogen-bond donors (Lipinski definition) is 2. The summed E-state index contributed by atoms with van der Waals surface area (Å²) >= 11 is 0. The summed E-state index contributed by atoms with van der Waals surface area (Å²) in [4.78, 5) is 38.8. The Morgan fingerprint density at radius 1 is 1.13 bits per heavy atom. The van der Waals surface area contributed by atoms with Crippen LogP contribution in [0.2, 0.25) is 0 Å². The molecule has 1 aliphatic heterocycles. The molecule has 2 unspecified atom stereocenters. The fourth-order valence-corrected chi connectivity index (χ4v) is 3.63. The van der Waals surface area contributed by atoms with Crippen LogP contribution in [0.1, 0.15) is 43.0 Å². The number of carbonyl (C=O) groups is 3. The normalized spacial score (nSPS) is 19.8. The highest BCUT2D eigenvalue weighted by atomic mass is 19.4.